The normalized spacial score (nSPS) is 13.1. The summed E-state index contributed by atoms with van der Waals surface area (Å²) in [6, 6.07) is 22.8. The lowest BCUT2D eigenvalue weighted by Crippen LogP contribution is -2.11. The molecule has 0 bridgehead atoms. The summed E-state index contributed by atoms with van der Waals surface area (Å²) in [7, 11) is 0. The van der Waals surface area contributed by atoms with Crippen molar-refractivity contribution in [2.24, 2.45) is 0 Å². The first kappa shape index (κ1) is 53.4. The number of alkyl halides is 18. The molecule has 0 spiro atoms. The second kappa shape index (κ2) is 18.4. The van der Waals surface area contributed by atoms with Crippen LogP contribution in [-0.2, 0) is 37.1 Å². The number of halogens is 18. The lowest BCUT2D eigenvalue weighted by atomic mass is 9.94. The van der Waals surface area contributed by atoms with E-state index in [0.717, 1.165) is 18.2 Å². The van der Waals surface area contributed by atoms with Gasteiger partial charge in [0.25, 0.3) is 0 Å². The van der Waals surface area contributed by atoms with Crippen LogP contribution in [0, 0.1) is 18.3 Å². The van der Waals surface area contributed by atoms with Crippen molar-refractivity contribution < 1.29 is 79.0 Å². The Bertz CT molecular complexity index is 3840. The van der Waals surface area contributed by atoms with Gasteiger partial charge in [0.2, 0.25) is 0 Å². The molecular formula is C56H29F18N3. The number of allylic oxidation sites excluding steroid dienone is 2. The van der Waals surface area contributed by atoms with Crippen molar-refractivity contribution in [2.45, 2.75) is 44.0 Å². The molecule has 0 aliphatic carbocycles. The van der Waals surface area contributed by atoms with Gasteiger partial charge in [-0.3, -0.25) is 0 Å². The molecule has 2 heterocycles. The van der Waals surface area contributed by atoms with E-state index >= 15 is 0 Å². The van der Waals surface area contributed by atoms with Crippen LogP contribution in [0.15, 0.2) is 146 Å². The van der Waals surface area contributed by atoms with E-state index in [0.29, 0.717) is 52.6 Å². The highest BCUT2D eigenvalue weighted by Gasteiger charge is 2.40. The standard InChI is InChI=1S/C56H29F18N3/c1-28(31-15-35(51(57,58)59)23-36(16-31)52(60,61)62)11-13-41-29(2)76(46-9-5-3-7-42(41)46)49-22-34(27-75)45(33-19-39(55(69,70)71)25-40(20-33)56(72,73)74)26-50(49)77-47-10-6-4-8-43(47)44-14-12-30(21-48(44)77)32-17-37(53(63,64)65)24-38(18-32)54(66,67)68/h3-26H,1H2,2H3/b13-11-. The lowest BCUT2D eigenvalue weighted by Gasteiger charge is -2.21. The molecule has 3 nitrogen and oxygen atoms in total. The molecule has 9 rings (SSSR count). The molecule has 0 radical (unpaired) electrons. The monoisotopic (exact) mass is 1090 g/mol. The van der Waals surface area contributed by atoms with Crippen LogP contribution in [0.5, 0.6) is 0 Å². The second-order valence-electron chi connectivity index (χ2n) is 17.7. The summed E-state index contributed by atoms with van der Waals surface area (Å²) in [5, 5.41) is 11.8. The number of aromatic nitrogens is 2. The average molecular weight is 1090 g/mol. The van der Waals surface area contributed by atoms with Crippen LogP contribution in [-0.4, -0.2) is 9.13 Å². The molecule has 0 N–H and O–H groups in total. The summed E-state index contributed by atoms with van der Waals surface area (Å²) >= 11 is 0. The van der Waals surface area contributed by atoms with Gasteiger partial charge in [-0.1, -0.05) is 67.3 Å². The Morgan fingerprint density at radius 2 is 0.857 bits per heavy atom. The largest absolute Gasteiger partial charge is 0.416 e. The second-order valence-corrected chi connectivity index (χ2v) is 17.7. The molecule has 2 aromatic heterocycles. The van der Waals surface area contributed by atoms with Gasteiger partial charge >= 0.3 is 37.1 Å². The van der Waals surface area contributed by atoms with E-state index in [2.05, 4.69) is 6.58 Å². The zero-order valence-corrected chi connectivity index (χ0v) is 38.7. The molecule has 0 saturated carbocycles. The smallest absolute Gasteiger partial charge is 0.311 e. The number of rotatable bonds is 7. The van der Waals surface area contributed by atoms with E-state index in [4.69, 9.17) is 0 Å². The van der Waals surface area contributed by atoms with E-state index in [9.17, 15) is 84.3 Å². The molecule has 0 amide bonds. The molecule has 394 valence electrons. The minimum atomic E-state index is -5.36. The SMILES string of the molecule is C=C(/C=C\c1c(C)n(-c2cc(C#N)c(-c3cc(C(F)(F)F)cc(C(F)(F)F)c3)cc2-n2c3ccccc3c3ccc(-c4cc(C(F)(F)F)cc(C(F)(F)F)c4)cc32)c2ccccc12)c1cc(C(F)(F)F)cc(C(F)(F)F)c1. The van der Waals surface area contributed by atoms with Gasteiger partial charge in [-0.15, -0.1) is 0 Å². The summed E-state index contributed by atoms with van der Waals surface area (Å²) in [5.41, 5.74) is -12.7. The highest BCUT2D eigenvalue weighted by molar-refractivity contribution is 6.11. The number of nitriles is 1. The van der Waals surface area contributed by atoms with Crippen molar-refractivity contribution in [2.75, 3.05) is 0 Å². The Balaban J connectivity index is 1.37. The zero-order valence-electron chi connectivity index (χ0n) is 38.7. The van der Waals surface area contributed by atoms with Crippen LogP contribution < -0.4 is 0 Å². The molecule has 21 heteroatoms. The van der Waals surface area contributed by atoms with E-state index in [1.807, 2.05) is 6.07 Å². The van der Waals surface area contributed by atoms with E-state index in [-0.39, 0.29) is 68.5 Å². The van der Waals surface area contributed by atoms with Crippen molar-refractivity contribution in [1.29, 1.82) is 5.26 Å². The van der Waals surface area contributed by atoms with Crippen molar-refractivity contribution in [1.82, 2.24) is 9.13 Å². The fourth-order valence-corrected chi connectivity index (χ4v) is 9.24. The number of hydrogen-bond donors (Lipinski definition) is 0. The van der Waals surface area contributed by atoms with Crippen molar-refractivity contribution in [3.8, 4) is 39.7 Å². The number of hydrogen-bond acceptors (Lipinski definition) is 1. The lowest BCUT2D eigenvalue weighted by molar-refractivity contribution is -0.144. The number of para-hydroxylation sites is 2. The maximum Gasteiger partial charge on any atom is 0.416 e. The predicted molar refractivity (Wildman–Crippen MR) is 252 cm³/mol. The topological polar surface area (TPSA) is 33.6 Å². The van der Waals surface area contributed by atoms with Gasteiger partial charge in [-0.2, -0.15) is 84.3 Å². The molecule has 0 aliphatic heterocycles. The van der Waals surface area contributed by atoms with E-state index in [1.54, 1.807) is 36.4 Å². The van der Waals surface area contributed by atoms with Gasteiger partial charge in [-0.05, 0) is 120 Å². The molecule has 7 aromatic carbocycles. The first-order valence-electron chi connectivity index (χ1n) is 22.2. The molecule has 0 atom stereocenters. The first-order valence-corrected chi connectivity index (χ1v) is 22.2. The van der Waals surface area contributed by atoms with Gasteiger partial charge in [0, 0.05) is 33.0 Å². The van der Waals surface area contributed by atoms with Gasteiger partial charge in [-0.25, -0.2) is 0 Å². The van der Waals surface area contributed by atoms with Gasteiger partial charge in [0.05, 0.1) is 72.9 Å². The van der Waals surface area contributed by atoms with Crippen LogP contribution in [0.4, 0.5) is 79.0 Å². The van der Waals surface area contributed by atoms with Crippen LogP contribution in [0.2, 0.25) is 0 Å². The predicted octanol–water partition coefficient (Wildman–Crippen LogP) is 19.1. The van der Waals surface area contributed by atoms with Crippen molar-refractivity contribution in [3.63, 3.8) is 0 Å². The summed E-state index contributed by atoms with van der Waals surface area (Å²) in [6.07, 6.45) is -29.2. The average Bonchev–Trinajstić information content (AvgIpc) is 3.87. The third-order valence-corrected chi connectivity index (χ3v) is 12.8. The van der Waals surface area contributed by atoms with Crippen molar-refractivity contribution >= 4 is 44.4 Å². The Labute approximate surface area is 422 Å². The molecule has 77 heavy (non-hydrogen) atoms. The minimum absolute atomic E-state index is 0.0245. The Hall–Kier alpha value is -8.41. The maximum absolute atomic E-state index is 14.4. The Morgan fingerprint density at radius 1 is 0.442 bits per heavy atom. The zero-order chi connectivity index (χ0) is 56.1. The van der Waals surface area contributed by atoms with Crippen LogP contribution in [0.25, 0.3) is 78.0 Å². The van der Waals surface area contributed by atoms with Crippen LogP contribution in [0.3, 0.4) is 0 Å². The first-order chi connectivity index (χ1) is 35.7. The third kappa shape index (κ3) is 10.1. The minimum Gasteiger partial charge on any atom is -0.311 e. The molecule has 0 aliphatic rings. The quantitative estimate of drug-likeness (QED) is 0.116. The van der Waals surface area contributed by atoms with Gasteiger partial charge < -0.3 is 9.13 Å². The van der Waals surface area contributed by atoms with Gasteiger partial charge in [0.1, 0.15) is 0 Å². The third-order valence-electron chi connectivity index (χ3n) is 12.8. The summed E-state index contributed by atoms with van der Waals surface area (Å²) in [6.45, 7) is 5.21. The summed E-state index contributed by atoms with van der Waals surface area (Å²) in [5.74, 6) is 0. The summed E-state index contributed by atoms with van der Waals surface area (Å²) in [4.78, 5) is 0. The van der Waals surface area contributed by atoms with E-state index in [1.165, 1.54) is 52.5 Å². The number of benzene rings is 7. The number of fused-ring (bicyclic) bond motifs is 4. The Kier molecular flexibility index (Phi) is 12.8. The van der Waals surface area contributed by atoms with E-state index < -0.39 is 98.3 Å². The molecule has 0 unspecified atom stereocenters. The molecular weight excluding hydrogens is 1060 g/mol. The van der Waals surface area contributed by atoms with Crippen LogP contribution >= 0.6 is 0 Å². The highest BCUT2D eigenvalue weighted by Crippen LogP contribution is 2.46. The fourth-order valence-electron chi connectivity index (χ4n) is 9.24. The maximum atomic E-state index is 14.4. The van der Waals surface area contributed by atoms with Crippen LogP contribution in [0.1, 0.15) is 55.8 Å². The van der Waals surface area contributed by atoms with Gasteiger partial charge in [0.15, 0.2) is 0 Å². The fraction of sp³-hybridized carbons (Fsp3) is 0.125. The molecule has 0 saturated heterocycles. The highest BCUT2D eigenvalue weighted by atomic mass is 19.4. The number of nitrogens with zero attached hydrogens (tertiary/aromatic N) is 3. The molecule has 9 aromatic rings. The molecule has 0 fully saturated rings. The Morgan fingerprint density at radius 3 is 1.34 bits per heavy atom. The summed E-state index contributed by atoms with van der Waals surface area (Å²) < 4.78 is 257. The van der Waals surface area contributed by atoms with Crippen molar-refractivity contribution in [3.05, 3.63) is 202 Å².